The molecule has 0 saturated carbocycles. The molecule has 0 atom stereocenters. The number of aromatic nitrogens is 2. The Morgan fingerprint density at radius 3 is 2.61 bits per heavy atom. The van der Waals surface area contributed by atoms with E-state index in [9.17, 15) is 0 Å². The summed E-state index contributed by atoms with van der Waals surface area (Å²) >= 11 is 0. The highest BCUT2D eigenvalue weighted by Crippen LogP contribution is 2.08. The fourth-order valence-corrected chi connectivity index (χ4v) is 1.28. The smallest absolute Gasteiger partial charge is 0.317 e. The summed E-state index contributed by atoms with van der Waals surface area (Å²) in [7, 11) is 0. The van der Waals surface area contributed by atoms with Gasteiger partial charge in [-0.15, -0.1) is 0 Å². The highest BCUT2D eigenvalue weighted by molar-refractivity contribution is 5.21. The number of nitrogens with zero attached hydrogens (tertiary/aromatic N) is 3. The third-order valence-electron chi connectivity index (χ3n) is 2.07. The lowest BCUT2D eigenvalue weighted by Gasteiger charge is -2.06. The average molecular weight is 241 g/mol. The SMILES string of the molecule is N#Cc1ccnc(OCCOc2ccccc2)n1. The van der Waals surface area contributed by atoms with Crippen LogP contribution in [0.1, 0.15) is 5.69 Å². The number of hydrogen-bond donors (Lipinski definition) is 0. The Labute approximate surface area is 105 Å². The predicted octanol–water partition coefficient (Wildman–Crippen LogP) is 1.81. The number of para-hydroxylation sites is 1. The number of hydrogen-bond acceptors (Lipinski definition) is 5. The van der Waals surface area contributed by atoms with Crippen molar-refractivity contribution < 1.29 is 9.47 Å². The maximum absolute atomic E-state index is 8.66. The van der Waals surface area contributed by atoms with E-state index < -0.39 is 0 Å². The second-order valence-corrected chi connectivity index (χ2v) is 3.35. The number of ether oxygens (including phenoxy) is 2. The number of rotatable bonds is 5. The summed E-state index contributed by atoms with van der Waals surface area (Å²) in [5.74, 6) is 0.785. The van der Waals surface area contributed by atoms with Gasteiger partial charge in [0.1, 0.15) is 30.7 Å². The Bertz CT molecular complexity index is 537. The molecule has 0 aliphatic carbocycles. The van der Waals surface area contributed by atoms with Crippen LogP contribution in [-0.4, -0.2) is 23.2 Å². The van der Waals surface area contributed by atoms with E-state index in [1.165, 1.54) is 12.3 Å². The molecular weight excluding hydrogens is 230 g/mol. The fourth-order valence-electron chi connectivity index (χ4n) is 1.28. The Balaban J connectivity index is 1.77. The second kappa shape index (κ2) is 6.21. The Hall–Kier alpha value is -2.61. The monoisotopic (exact) mass is 241 g/mol. The van der Waals surface area contributed by atoms with Gasteiger partial charge in [0, 0.05) is 6.20 Å². The zero-order valence-corrected chi connectivity index (χ0v) is 9.61. The topological polar surface area (TPSA) is 68.0 Å². The van der Waals surface area contributed by atoms with Crippen LogP contribution < -0.4 is 9.47 Å². The summed E-state index contributed by atoms with van der Waals surface area (Å²) in [5.41, 5.74) is 0.281. The lowest BCUT2D eigenvalue weighted by Crippen LogP contribution is -2.10. The lowest BCUT2D eigenvalue weighted by atomic mass is 10.3. The van der Waals surface area contributed by atoms with Gasteiger partial charge in [-0.05, 0) is 18.2 Å². The quantitative estimate of drug-likeness (QED) is 0.747. The molecule has 0 fully saturated rings. The van der Waals surface area contributed by atoms with Crippen LogP contribution in [0.5, 0.6) is 11.8 Å². The van der Waals surface area contributed by atoms with Crippen LogP contribution in [0.25, 0.3) is 0 Å². The van der Waals surface area contributed by atoms with Crippen LogP contribution in [0.15, 0.2) is 42.6 Å². The van der Waals surface area contributed by atoms with E-state index in [1.807, 2.05) is 36.4 Å². The maximum Gasteiger partial charge on any atom is 0.317 e. The first-order valence-electron chi connectivity index (χ1n) is 5.42. The van der Waals surface area contributed by atoms with Crippen LogP contribution in [0.4, 0.5) is 0 Å². The Morgan fingerprint density at radius 1 is 1.06 bits per heavy atom. The van der Waals surface area contributed by atoms with E-state index >= 15 is 0 Å². The van der Waals surface area contributed by atoms with Crippen LogP contribution >= 0.6 is 0 Å². The van der Waals surface area contributed by atoms with Crippen molar-refractivity contribution in [1.29, 1.82) is 5.26 Å². The molecule has 0 aliphatic rings. The minimum Gasteiger partial charge on any atom is -0.490 e. The zero-order valence-electron chi connectivity index (χ0n) is 9.61. The molecule has 1 aromatic heterocycles. The van der Waals surface area contributed by atoms with E-state index in [2.05, 4.69) is 9.97 Å². The van der Waals surface area contributed by atoms with E-state index in [-0.39, 0.29) is 11.7 Å². The second-order valence-electron chi connectivity index (χ2n) is 3.35. The molecule has 2 rings (SSSR count). The lowest BCUT2D eigenvalue weighted by molar-refractivity contribution is 0.206. The van der Waals surface area contributed by atoms with Gasteiger partial charge in [0.05, 0.1) is 0 Å². The summed E-state index contributed by atoms with van der Waals surface area (Å²) in [5, 5.41) is 8.66. The Morgan fingerprint density at radius 2 is 1.83 bits per heavy atom. The molecule has 90 valence electrons. The predicted molar refractivity (Wildman–Crippen MR) is 64.2 cm³/mol. The third kappa shape index (κ3) is 3.46. The summed E-state index contributed by atoms with van der Waals surface area (Å²) in [6.45, 7) is 0.716. The van der Waals surface area contributed by atoms with Gasteiger partial charge in [-0.25, -0.2) is 4.98 Å². The summed E-state index contributed by atoms with van der Waals surface area (Å²) in [4.78, 5) is 7.78. The van der Waals surface area contributed by atoms with Crippen molar-refractivity contribution in [1.82, 2.24) is 9.97 Å². The average Bonchev–Trinajstić information content (AvgIpc) is 2.45. The van der Waals surface area contributed by atoms with E-state index in [0.717, 1.165) is 5.75 Å². The van der Waals surface area contributed by atoms with Gasteiger partial charge in [-0.3, -0.25) is 0 Å². The van der Waals surface area contributed by atoms with Gasteiger partial charge < -0.3 is 9.47 Å². The minimum absolute atomic E-state index is 0.186. The van der Waals surface area contributed by atoms with E-state index in [4.69, 9.17) is 14.7 Å². The molecule has 0 saturated heterocycles. The largest absolute Gasteiger partial charge is 0.490 e. The molecule has 1 heterocycles. The van der Waals surface area contributed by atoms with Crippen molar-refractivity contribution in [3.05, 3.63) is 48.3 Å². The molecule has 2 aromatic rings. The third-order valence-corrected chi connectivity index (χ3v) is 2.07. The standard InChI is InChI=1S/C13H11N3O2/c14-10-11-6-7-15-13(16-11)18-9-8-17-12-4-2-1-3-5-12/h1-7H,8-9H2. The number of nitriles is 1. The van der Waals surface area contributed by atoms with Crippen molar-refractivity contribution in [2.75, 3.05) is 13.2 Å². The van der Waals surface area contributed by atoms with Gasteiger partial charge in [-0.2, -0.15) is 10.2 Å². The molecule has 0 aliphatic heterocycles. The first-order chi connectivity index (χ1) is 8.88. The molecule has 0 spiro atoms. The zero-order chi connectivity index (χ0) is 12.6. The van der Waals surface area contributed by atoms with Crippen molar-refractivity contribution in [2.24, 2.45) is 0 Å². The molecule has 1 aromatic carbocycles. The molecule has 0 radical (unpaired) electrons. The van der Waals surface area contributed by atoms with Crippen molar-refractivity contribution in [2.45, 2.75) is 0 Å². The Kier molecular flexibility index (Phi) is 4.09. The van der Waals surface area contributed by atoms with Gasteiger partial charge in [0.2, 0.25) is 0 Å². The van der Waals surface area contributed by atoms with Crippen LogP contribution in [0.3, 0.4) is 0 Å². The number of benzene rings is 1. The van der Waals surface area contributed by atoms with E-state index in [1.54, 1.807) is 0 Å². The van der Waals surface area contributed by atoms with Crippen LogP contribution in [0.2, 0.25) is 0 Å². The molecule has 18 heavy (non-hydrogen) atoms. The molecule has 0 amide bonds. The van der Waals surface area contributed by atoms with Gasteiger partial charge in [-0.1, -0.05) is 18.2 Å². The van der Waals surface area contributed by atoms with E-state index in [0.29, 0.717) is 13.2 Å². The summed E-state index contributed by atoms with van der Waals surface area (Å²) in [6, 6.07) is 13.1. The molecular formula is C13H11N3O2. The van der Waals surface area contributed by atoms with Crippen LogP contribution in [-0.2, 0) is 0 Å². The first kappa shape index (κ1) is 11.9. The summed E-state index contributed by atoms with van der Waals surface area (Å²) in [6.07, 6.45) is 1.49. The highest BCUT2D eigenvalue weighted by atomic mass is 16.5. The normalized spacial score (nSPS) is 9.50. The van der Waals surface area contributed by atoms with Crippen molar-refractivity contribution in [3.8, 4) is 17.8 Å². The van der Waals surface area contributed by atoms with Gasteiger partial charge >= 0.3 is 6.01 Å². The maximum atomic E-state index is 8.66. The molecule has 0 unspecified atom stereocenters. The highest BCUT2D eigenvalue weighted by Gasteiger charge is 1.99. The first-order valence-corrected chi connectivity index (χ1v) is 5.42. The molecule has 0 bridgehead atoms. The minimum atomic E-state index is 0.186. The van der Waals surface area contributed by atoms with Crippen LogP contribution in [0, 0.1) is 11.3 Å². The molecule has 5 nitrogen and oxygen atoms in total. The van der Waals surface area contributed by atoms with Crippen molar-refractivity contribution in [3.63, 3.8) is 0 Å². The molecule has 5 heteroatoms. The van der Waals surface area contributed by atoms with Gasteiger partial charge in [0.25, 0.3) is 0 Å². The molecule has 0 N–H and O–H groups in total. The van der Waals surface area contributed by atoms with Crippen molar-refractivity contribution >= 4 is 0 Å². The van der Waals surface area contributed by atoms with Gasteiger partial charge in [0.15, 0.2) is 0 Å². The summed E-state index contributed by atoms with van der Waals surface area (Å²) < 4.78 is 10.7. The fraction of sp³-hybridized carbons (Fsp3) is 0.154.